The highest BCUT2D eigenvalue weighted by atomic mass is 16.8. The van der Waals surface area contributed by atoms with E-state index in [1.807, 2.05) is 0 Å². The Hall–Kier alpha value is -2.36. The molecule has 5 saturated heterocycles. The third-order valence-corrected chi connectivity index (χ3v) is 23.6. The van der Waals surface area contributed by atoms with Crippen LogP contribution in [-0.4, -0.2) is 297 Å². The summed E-state index contributed by atoms with van der Waals surface area (Å²) in [6.45, 7) is 8.25. The summed E-state index contributed by atoms with van der Waals surface area (Å²) < 4.78 is 58.7. The molecule has 30 heteroatoms. The van der Waals surface area contributed by atoms with Crippen LogP contribution in [0.4, 0.5) is 0 Å². The fourth-order valence-corrected chi connectivity index (χ4v) is 17.7. The summed E-state index contributed by atoms with van der Waals surface area (Å²) in [5.41, 5.74) is -3.70. The standard InChI is InChI=1S/C60H96O30/c1-55(2)13-15-60(16-14-57(4)23(24(60)17-55)7-8-30-56(3)11-10-32(65)59(6,31(56)9-12-58(30,57)5)53(79)89-50-44(77)40(73)35(68)27(20-63)84-50)54(80)90-51-45(78)46(87-48-42(75)38(71)33(66)25(18-61)82-48)37(70)29(86-51)22-81-52-47(41(74)36(69)28(21-64)85-52)88-49-43(76)39(72)34(67)26(19-62)83-49/h7,24-52,61-78H,8-22H2,1-6H3/t24-,25+,26+,27+,28+,29+,30+,31+,32-,33+,34+,35+,36+,37+,38-,39-,40-,41-,42+,43+,44+,45+,46-,47+,48-,49-,50-,51-,52+,56+,57+,58+,59-,60-/m0/s1. The molecule has 4 saturated carbocycles. The van der Waals surface area contributed by atoms with E-state index in [4.69, 9.17) is 47.4 Å². The van der Waals surface area contributed by atoms with Gasteiger partial charge in [-0.25, -0.2) is 0 Å². The second-order valence-electron chi connectivity index (χ2n) is 28.9. The van der Waals surface area contributed by atoms with Gasteiger partial charge in [-0.05, 0) is 111 Å². The zero-order valence-electron chi connectivity index (χ0n) is 51.4. The van der Waals surface area contributed by atoms with E-state index in [0.717, 1.165) is 5.57 Å². The highest BCUT2D eigenvalue weighted by Crippen LogP contribution is 2.76. The van der Waals surface area contributed by atoms with Gasteiger partial charge in [0.25, 0.3) is 0 Å². The summed E-state index contributed by atoms with van der Waals surface area (Å²) in [6.07, 6.45) is -40.6. The van der Waals surface area contributed by atoms with Crippen LogP contribution in [0, 0.1) is 50.2 Å². The minimum atomic E-state index is -2.13. The highest BCUT2D eigenvalue weighted by molar-refractivity contribution is 5.79. The van der Waals surface area contributed by atoms with Gasteiger partial charge in [-0.1, -0.05) is 46.3 Å². The zero-order chi connectivity index (χ0) is 65.9. The minimum Gasteiger partial charge on any atom is -0.432 e. The van der Waals surface area contributed by atoms with E-state index in [0.29, 0.717) is 51.4 Å². The van der Waals surface area contributed by atoms with Gasteiger partial charge < -0.3 is 139 Å². The van der Waals surface area contributed by atoms with Crippen LogP contribution in [0.15, 0.2) is 11.6 Å². The Bertz CT molecular complexity index is 2540. The molecule has 5 aliphatic heterocycles. The van der Waals surface area contributed by atoms with Crippen LogP contribution in [0.3, 0.4) is 0 Å². The van der Waals surface area contributed by atoms with Gasteiger partial charge in [-0.15, -0.1) is 0 Å². The summed E-state index contributed by atoms with van der Waals surface area (Å²) in [5.74, 6) is -2.65. The van der Waals surface area contributed by atoms with E-state index >= 15 is 4.79 Å². The van der Waals surface area contributed by atoms with Crippen molar-refractivity contribution in [3.8, 4) is 0 Å². The predicted octanol–water partition coefficient (Wildman–Crippen LogP) is -5.71. The number of esters is 2. The first kappa shape index (κ1) is 70.4. The summed E-state index contributed by atoms with van der Waals surface area (Å²) >= 11 is 0. The lowest BCUT2D eigenvalue weighted by atomic mass is 9.33. The fourth-order valence-electron chi connectivity index (χ4n) is 17.7. The first-order valence-corrected chi connectivity index (χ1v) is 31.5. The predicted molar refractivity (Wildman–Crippen MR) is 297 cm³/mol. The van der Waals surface area contributed by atoms with Crippen LogP contribution in [0.2, 0.25) is 0 Å². The van der Waals surface area contributed by atoms with Gasteiger partial charge in [-0.2, -0.15) is 0 Å². The van der Waals surface area contributed by atoms with E-state index in [2.05, 4.69) is 40.7 Å². The lowest BCUT2D eigenvalue weighted by Crippen LogP contribution is -2.67. The average Bonchev–Trinajstić information content (AvgIpc) is 0.680. The van der Waals surface area contributed by atoms with Crippen molar-refractivity contribution in [2.24, 2.45) is 50.2 Å². The molecule has 0 aromatic rings. The van der Waals surface area contributed by atoms with Crippen LogP contribution in [0.25, 0.3) is 0 Å². The smallest absolute Gasteiger partial charge is 0.317 e. The van der Waals surface area contributed by atoms with Crippen molar-refractivity contribution in [2.75, 3.05) is 33.0 Å². The van der Waals surface area contributed by atoms with Crippen molar-refractivity contribution < 1.29 is 149 Å². The quantitative estimate of drug-likeness (QED) is 0.0537. The Morgan fingerprint density at radius 3 is 1.49 bits per heavy atom. The van der Waals surface area contributed by atoms with Gasteiger partial charge in [0, 0.05) is 0 Å². The molecule has 0 aromatic heterocycles. The van der Waals surface area contributed by atoms with E-state index < -0.39 is 244 Å². The SMILES string of the molecule is CC1(C)CC[C@]2(C(=O)O[C@@H]3O[C@H](CO[C@@H]4O[C@H](CO)[C@@H](O)[C@H](O)[C@H]4O[C@@H]4O[C@H](CO)[C@@H](O)[C@H](O)[C@H]4O)[C@@H](O)[C@H](O[C@@H]4O[C@H](CO)[C@@H](O)[C@H](O)[C@H]4O)[C@H]3O)CC[C@]3(C)C(=CC[C@@H]4[C@@]5(C)CC[C@H](O)[C@@](C)(C(=O)O[C@@H]6O[C@H](CO)[C@@H](O)[C@H](O)[C@H]6O)[C@@H]5CC[C@]43C)[C@@H]2C1. The third-order valence-electron chi connectivity index (χ3n) is 23.6. The molecule has 0 radical (unpaired) electrons. The average molecular weight is 1300 g/mol. The number of aliphatic hydroxyl groups excluding tert-OH is 18. The van der Waals surface area contributed by atoms with Gasteiger partial charge in [0.2, 0.25) is 12.6 Å². The second kappa shape index (κ2) is 26.2. The van der Waals surface area contributed by atoms with E-state index in [1.54, 1.807) is 6.92 Å². The van der Waals surface area contributed by atoms with Crippen LogP contribution >= 0.6 is 0 Å². The molecule has 90 heavy (non-hydrogen) atoms. The van der Waals surface area contributed by atoms with Crippen molar-refractivity contribution in [3.05, 3.63) is 11.6 Å². The molecule has 0 amide bonds. The maximum absolute atomic E-state index is 15.7. The lowest BCUT2D eigenvalue weighted by molar-refractivity contribution is -0.377. The first-order chi connectivity index (χ1) is 42.2. The van der Waals surface area contributed by atoms with Crippen LogP contribution in [-0.2, 0) is 57.0 Å². The Morgan fingerprint density at radius 2 is 0.933 bits per heavy atom. The maximum atomic E-state index is 15.7. The molecule has 0 spiro atoms. The molecule has 34 atom stereocenters. The number of hydrogen-bond acceptors (Lipinski definition) is 30. The third kappa shape index (κ3) is 11.6. The number of carbonyl (C=O) groups excluding carboxylic acids is 2. The molecule has 10 aliphatic rings. The van der Waals surface area contributed by atoms with Gasteiger partial charge in [0.15, 0.2) is 18.9 Å². The summed E-state index contributed by atoms with van der Waals surface area (Å²) in [7, 11) is 0. The number of allylic oxidation sites excluding steroid dienone is 2. The molecular formula is C60H96O30. The van der Waals surface area contributed by atoms with Crippen molar-refractivity contribution in [1.29, 1.82) is 0 Å². The van der Waals surface area contributed by atoms with Gasteiger partial charge >= 0.3 is 11.9 Å². The van der Waals surface area contributed by atoms with E-state index in [1.165, 1.54) is 0 Å². The molecular weight excluding hydrogens is 1200 g/mol. The number of hydrogen-bond donors (Lipinski definition) is 18. The van der Waals surface area contributed by atoms with Gasteiger partial charge in [-0.3, -0.25) is 9.59 Å². The largest absolute Gasteiger partial charge is 0.432 e. The molecule has 0 unspecified atom stereocenters. The Labute approximate surface area is 519 Å². The van der Waals surface area contributed by atoms with Crippen molar-refractivity contribution >= 4 is 11.9 Å². The Kier molecular flexibility index (Phi) is 20.5. The molecule has 516 valence electrons. The lowest BCUT2D eigenvalue weighted by Gasteiger charge is -2.71. The summed E-state index contributed by atoms with van der Waals surface area (Å²) in [4.78, 5) is 30.3. The van der Waals surface area contributed by atoms with Crippen molar-refractivity contribution in [2.45, 2.75) is 265 Å². The molecule has 0 aromatic carbocycles. The molecule has 5 heterocycles. The van der Waals surface area contributed by atoms with Crippen molar-refractivity contribution in [3.63, 3.8) is 0 Å². The monoisotopic (exact) mass is 1300 g/mol. The van der Waals surface area contributed by atoms with Crippen LogP contribution < -0.4 is 0 Å². The number of carbonyl (C=O) groups is 2. The number of ether oxygens (including phenoxy) is 10. The number of fused-ring (bicyclic) bond motifs is 7. The molecule has 9 fully saturated rings. The van der Waals surface area contributed by atoms with E-state index in [9.17, 15) is 96.7 Å². The molecule has 18 N–H and O–H groups in total. The number of aliphatic hydroxyl groups is 18. The summed E-state index contributed by atoms with van der Waals surface area (Å²) in [6, 6.07) is 0. The summed E-state index contributed by atoms with van der Waals surface area (Å²) in [5, 5.41) is 194. The fraction of sp³-hybridized carbons (Fsp3) is 0.933. The molecule has 0 bridgehead atoms. The Morgan fingerprint density at radius 1 is 0.467 bits per heavy atom. The van der Waals surface area contributed by atoms with Crippen LogP contribution in [0.5, 0.6) is 0 Å². The van der Waals surface area contributed by atoms with Gasteiger partial charge in [0.1, 0.15) is 122 Å². The molecule has 30 nitrogen and oxygen atoms in total. The normalized spacial score (nSPS) is 53.6. The van der Waals surface area contributed by atoms with E-state index in [-0.39, 0.29) is 24.2 Å². The topological polar surface area (TPSA) is 491 Å². The van der Waals surface area contributed by atoms with Crippen molar-refractivity contribution in [1.82, 2.24) is 0 Å². The van der Waals surface area contributed by atoms with Crippen LogP contribution in [0.1, 0.15) is 106 Å². The zero-order valence-corrected chi connectivity index (χ0v) is 51.4. The molecule has 5 aliphatic carbocycles. The highest BCUT2D eigenvalue weighted by Gasteiger charge is 2.72. The maximum Gasteiger partial charge on any atom is 0.317 e. The second-order valence-corrected chi connectivity index (χ2v) is 28.9. The molecule has 10 rings (SSSR count). The number of rotatable bonds is 15. The Balaban J connectivity index is 0.929. The van der Waals surface area contributed by atoms with Gasteiger partial charge in [0.05, 0.1) is 50.0 Å². The minimum absolute atomic E-state index is 0.0890. The first-order valence-electron chi connectivity index (χ1n) is 31.5.